The average molecular weight is 327 g/mol. The molecule has 0 aliphatic carbocycles. The van der Waals surface area contributed by atoms with Crippen molar-refractivity contribution in [3.8, 4) is 5.69 Å². The lowest BCUT2D eigenvalue weighted by Gasteiger charge is -2.06. The summed E-state index contributed by atoms with van der Waals surface area (Å²) < 4.78 is 6.92. The fourth-order valence-electron chi connectivity index (χ4n) is 2.20. The molecular weight excluding hydrogens is 306 g/mol. The second kappa shape index (κ2) is 7.20. The van der Waals surface area contributed by atoms with Crippen LogP contribution in [0.2, 0.25) is 0 Å². The molecule has 126 valence electrons. The molecule has 0 saturated carbocycles. The first kappa shape index (κ1) is 16.1. The van der Waals surface area contributed by atoms with Gasteiger partial charge in [-0.3, -0.25) is 0 Å². The maximum Gasteiger partial charge on any atom is 0.247 e. The molecule has 24 heavy (non-hydrogen) atoms. The van der Waals surface area contributed by atoms with E-state index in [4.69, 9.17) is 4.52 Å². The highest BCUT2D eigenvalue weighted by atomic mass is 16.5. The summed E-state index contributed by atoms with van der Waals surface area (Å²) in [5.41, 5.74) is 2.12. The van der Waals surface area contributed by atoms with E-state index in [0.29, 0.717) is 18.4 Å². The first-order valence-corrected chi connectivity index (χ1v) is 8.05. The number of nitrogens with one attached hydrogen (secondary N) is 1. The lowest BCUT2D eigenvalue weighted by atomic mass is 10.2. The maximum atomic E-state index is 5.23. The summed E-state index contributed by atoms with van der Waals surface area (Å²) in [6.45, 7) is 6.85. The molecule has 0 bridgehead atoms. The van der Waals surface area contributed by atoms with Crippen LogP contribution in [0.5, 0.6) is 0 Å². The van der Waals surface area contributed by atoms with Crippen molar-refractivity contribution in [1.29, 1.82) is 0 Å². The van der Waals surface area contributed by atoms with Gasteiger partial charge in [-0.1, -0.05) is 41.8 Å². The van der Waals surface area contributed by atoms with Crippen molar-refractivity contribution >= 4 is 5.95 Å². The Morgan fingerprint density at radius 1 is 1.21 bits per heavy atom. The Morgan fingerprint density at radius 2 is 2.00 bits per heavy atom. The molecule has 1 N–H and O–H groups in total. The van der Waals surface area contributed by atoms with Gasteiger partial charge in [0.25, 0.3) is 0 Å². The van der Waals surface area contributed by atoms with Gasteiger partial charge in [0.2, 0.25) is 11.8 Å². The Labute approximate surface area is 140 Å². The molecule has 0 radical (unpaired) electrons. The van der Waals surface area contributed by atoms with E-state index < -0.39 is 0 Å². The van der Waals surface area contributed by atoms with Crippen molar-refractivity contribution in [2.24, 2.45) is 0 Å². The first-order valence-electron chi connectivity index (χ1n) is 8.05. The van der Waals surface area contributed by atoms with E-state index in [9.17, 15) is 0 Å². The number of hydrogen-bond donors (Lipinski definition) is 1. The monoisotopic (exact) mass is 327 g/mol. The molecule has 0 amide bonds. The number of benzene rings is 1. The smallest absolute Gasteiger partial charge is 0.247 e. The van der Waals surface area contributed by atoms with Crippen LogP contribution in [-0.4, -0.2) is 36.9 Å². The SMILES string of the molecule is Cc1ccc(-n2nnnc2NCCCc2nc(C(C)C)no2)cc1. The molecule has 2 aromatic heterocycles. The van der Waals surface area contributed by atoms with Gasteiger partial charge in [0.15, 0.2) is 5.82 Å². The van der Waals surface area contributed by atoms with E-state index in [2.05, 4.69) is 31.0 Å². The van der Waals surface area contributed by atoms with Crippen LogP contribution in [-0.2, 0) is 6.42 Å². The molecule has 0 saturated heterocycles. The van der Waals surface area contributed by atoms with Gasteiger partial charge < -0.3 is 9.84 Å². The Hall–Kier alpha value is -2.77. The topological polar surface area (TPSA) is 94.6 Å². The Kier molecular flexibility index (Phi) is 4.83. The first-order chi connectivity index (χ1) is 11.6. The van der Waals surface area contributed by atoms with Gasteiger partial charge in [-0.2, -0.15) is 9.67 Å². The summed E-state index contributed by atoms with van der Waals surface area (Å²) in [4.78, 5) is 4.37. The molecule has 2 heterocycles. The second-order valence-corrected chi connectivity index (χ2v) is 5.98. The van der Waals surface area contributed by atoms with Gasteiger partial charge in [0.05, 0.1) is 5.69 Å². The van der Waals surface area contributed by atoms with Crippen LogP contribution in [0.1, 0.15) is 43.5 Å². The number of rotatable bonds is 7. The Bertz CT molecular complexity index is 776. The minimum absolute atomic E-state index is 0.278. The van der Waals surface area contributed by atoms with Crippen LogP contribution >= 0.6 is 0 Å². The summed E-state index contributed by atoms with van der Waals surface area (Å²) in [7, 11) is 0. The van der Waals surface area contributed by atoms with E-state index >= 15 is 0 Å². The fourth-order valence-corrected chi connectivity index (χ4v) is 2.20. The van der Waals surface area contributed by atoms with E-state index in [0.717, 1.165) is 24.4 Å². The van der Waals surface area contributed by atoms with Crippen LogP contribution in [0, 0.1) is 6.92 Å². The van der Waals surface area contributed by atoms with Crippen LogP contribution in [0.25, 0.3) is 5.69 Å². The quantitative estimate of drug-likeness (QED) is 0.666. The van der Waals surface area contributed by atoms with Gasteiger partial charge in [0, 0.05) is 18.9 Å². The highest BCUT2D eigenvalue weighted by Gasteiger charge is 2.10. The lowest BCUT2D eigenvalue weighted by molar-refractivity contribution is 0.369. The molecule has 8 nitrogen and oxygen atoms in total. The van der Waals surface area contributed by atoms with Crippen molar-refractivity contribution in [1.82, 2.24) is 30.3 Å². The van der Waals surface area contributed by atoms with E-state index in [1.807, 2.05) is 45.0 Å². The molecular formula is C16H21N7O. The lowest BCUT2D eigenvalue weighted by Crippen LogP contribution is -2.09. The Morgan fingerprint density at radius 3 is 2.71 bits per heavy atom. The molecule has 0 aliphatic heterocycles. The minimum atomic E-state index is 0.278. The van der Waals surface area contributed by atoms with Gasteiger partial charge in [0.1, 0.15) is 0 Å². The third-order valence-electron chi connectivity index (χ3n) is 3.60. The molecule has 0 atom stereocenters. The molecule has 8 heteroatoms. The number of tetrazole rings is 1. The summed E-state index contributed by atoms with van der Waals surface area (Å²) >= 11 is 0. The number of hydrogen-bond acceptors (Lipinski definition) is 7. The van der Waals surface area contributed by atoms with Gasteiger partial charge >= 0.3 is 0 Å². The largest absolute Gasteiger partial charge is 0.353 e. The summed E-state index contributed by atoms with van der Waals surface area (Å²) in [6, 6.07) is 8.04. The van der Waals surface area contributed by atoms with Crippen molar-refractivity contribution < 1.29 is 4.52 Å². The summed E-state index contributed by atoms with van der Waals surface area (Å²) in [5, 5.41) is 19.0. The minimum Gasteiger partial charge on any atom is -0.353 e. The predicted molar refractivity (Wildman–Crippen MR) is 89.1 cm³/mol. The number of aryl methyl sites for hydroxylation is 2. The third-order valence-corrected chi connectivity index (χ3v) is 3.60. The van der Waals surface area contributed by atoms with E-state index in [1.165, 1.54) is 5.56 Å². The highest BCUT2D eigenvalue weighted by Crippen LogP contribution is 2.13. The van der Waals surface area contributed by atoms with Crippen molar-refractivity contribution in [3.63, 3.8) is 0 Å². The molecule has 0 spiro atoms. The predicted octanol–water partition coefficient (Wildman–Crippen LogP) is 2.52. The average Bonchev–Trinajstić information content (AvgIpc) is 3.22. The molecule has 3 aromatic rings. The van der Waals surface area contributed by atoms with Crippen molar-refractivity contribution in [3.05, 3.63) is 41.5 Å². The van der Waals surface area contributed by atoms with Gasteiger partial charge in [-0.15, -0.1) is 0 Å². The molecule has 0 fully saturated rings. The Balaban J connectivity index is 1.54. The summed E-state index contributed by atoms with van der Waals surface area (Å²) in [6.07, 6.45) is 1.57. The zero-order valence-electron chi connectivity index (χ0n) is 14.1. The van der Waals surface area contributed by atoms with Crippen molar-refractivity contribution in [2.75, 3.05) is 11.9 Å². The second-order valence-electron chi connectivity index (χ2n) is 5.98. The van der Waals surface area contributed by atoms with Crippen LogP contribution in [0.15, 0.2) is 28.8 Å². The molecule has 0 unspecified atom stereocenters. The fraction of sp³-hybridized carbons (Fsp3) is 0.438. The normalized spacial score (nSPS) is 11.2. The van der Waals surface area contributed by atoms with E-state index in [-0.39, 0.29) is 5.92 Å². The molecule has 1 aromatic carbocycles. The highest BCUT2D eigenvalue weighted by molar-refractivity contribution is 5.39. The standard InChI is InChI=1S/C16H21N7O/c1-11(2)15-18-14(24-20-15)5-4-10-17-16-19-21-22-23(16)13-8-6-12(3)7-9-13/h6-9,11H,4-5,10H2,1-3H3,(H,17,19,22). The zero-order chi connectivity index (χ0) is 16.9. The van der Waals surface area contributed by atoms with E-state index in [1.54, 1.807) is 4.68 Å². The van der Waals surface area contributed by atoms with Crippen LogP contribution in [0.3, 0.4) is 0 Å². The summed E-state index contributed by atoms with van der Waals surface area (Å²) in [5.74, 6) is 2.31. The molecule has 3 rings (SSSR count). The van der Waals surface area contributed by atoms with Crippen LogP contribution in [0.4, 0.5) is 5.95 Å². The van der Waals surface area contributed by atoms with Crippen LogP contribution < -0.4 is 5.32 Å². The van der Waals surface area contributed by atoms with Crippen molar-refractivity contribution in [2.45, 2.75) is 39.5 Å². The maximum absolute atomic E-state index is 5.23. The van der Waals surface area contributed by atoms with Gasteiger partial charge in [-0.05, 0) is 35.9 Å². The zero-order valence-corrected chi connectivity index (χ0v) is 14.1. The number of anilines is 1. The van der Waals surface area contributed by atoms with Gasteiger partial charge in [-0.25, -0.2) is 0 Å². The molecule has 0 aliphatic rings. The third kappa shape index (κ3) is 3.76. The number of aromatic nitrogens is 6. The number of nitrogens with zero attached hydrogens (tertiary/aromatic N) is 6.